The number of hydrogen-bond acceptors (Lipinski definition) is 7. The van der Waals surface area contributed by atoms with E-state index >= 15 is 0 Å². The van der Waals surface area contributed by atoms with E-state index in [0.29, 0.717) is 16.6 Å². The number of nitro benzene ring substituents is 1. The number of amides is 1. The molecule has 0 fully saturated rings. The van der Waals surface area contributed by atoms with Gasteiger partial charge in [-0.15, -0.1) is 0 Å². The molecule has 9 nitrogen and oxygen atoms in total. The van der Waals surface area contributed by atoms with E-state index in [4.69, 9.17) is 4.74 Å². The van der Waals surface area contributed by atoms with Gasteiger partial charge in [0.05, 0.1) is 35.0 Å². The van der Waals surface area contributed by atoms with Crippen LogP contribution >= 0.6 is 0 Å². The molecule has 1 heterocycles. The van der Waals surface area contributed by atoms with Crippen molar-refractivity contribution in [3.63, 3.8) is 0 Å². The first-order valence-corrected chi connectivity index (χ1v) is 8.24. The minimum absolute atomic E-state index is 0.184. The topological polar surface area (TPSA) is 130 Å². The van der Waals surface area contributed by atoms with Crippen LogP contribution in [0.2, 0.25) is 0 Å². The molecule has 2 aromatic carbocycles. The zero-order chi connectivity index (χ0) is 21.1. The van der Waals surface area contributed by atoms with Gasteiger partial charge < -0.3 is 9.84 Å². The van der Waals surface area contributed by atoms with Gasteiger partial charge in [-0.2, -0.15) is 5.10 Å². The Kier molecular flexibility index (Phi) is 5.35. The second-order valence-corrected chi connectivity index (χ2v) is 5.99. The fourth-order valence-electron chi connectivity index (χ4n) is 2.67. The van der Waals surface area contributed by atoms with Gasteiger partial charge in [0.25, 0.3) is 11.6 Å². The third kappa shape index (κ3) is 4.10. The van der Waals surface area contributed by atoms with Crippen molar-refractivity contribution in [1.29, 1.82) is 0 Å². The largest absolute Gasteiger partial charge is 0.865 e. The fraction of sp³-hybridized carbons (Fsp3) is 0.105. The van der Waals surface area contributed by atoms with Crippen LogP contribution in [-0.4, -0.2) is 29.1 Å². The molecule has 0 saturated carbocycles. The van der Waals surface area contributed by atoms with E-state index in [9.17, 15) is 24.4 Å². The molecule has 0 bridgehead atoms. The van der Waals surface area contributed by atoms with Crippen molar-refractivity contribution in [2.24, 2.45) is 5.10 Å². The molecule has 1 amide bonds. The van der Waals surface area contributed by atoms with Crippen LogP contribution in [0, 0.1) is 22.9 Å². The van der Waals surface area contributed by atoms with Gasteiger partial charge in [0.2, 0.25) is 0 Å². The summed E-state index contributed by atoms with van der Waals surface area (Å²) in [4.78, 5) is 26.8. The van der Waals surface area contributed by atoms with Gasteiger partial charge in [0.1, 0.15) is 11.6 Å². The van der Waals surface area contributed by atoms with Crippen LogP contribution in [0.15, 0.2) is 41.5 Å². The van der Waals surface area contributed by atoms with Crippen LogP contribution in [-0.2, 0) is 0 Å². The SMILES string of the molecule is COc1cc(/C=N\NC(=O)c2cc3cc(F)ccc3nc2C)cc([N+](=O)[O-])c1[O-]. The lowest BCUT2D eigenvalue weighted by molar-refractivity contribution is -0.398. The van der Waals surface area contributed by atoms with Crippen molar-refractivity contribution in [3.05, 3.63) is 69.2 Å². The van der Waals surface area contributed by atoms with Crippen LogP contribution in [0.4, 0.5) is 10.1 Å². The van der Waals surface area contributed by atoms with Gasteiger partial charge in [-0.05, 0) is 37.3 Å². The first kappa shape index (κ1) is 19.7. The summed E-state index contributed by atoms with van der Waals surface area (Å²) in [6.07, 6.45) is 1.14. The lowest BCUT2D eigenvalue weighted by Crippen LogP contribution is -2.19. The number of halogens is 1. The fourth-order valence-corrected chi connectivity index (χ4v) is 2.67. The first-order valence-electron chi connectivity index (χ1n) is 8.24. The number of benzene rings is 2. The van der Waals surface area contributed by atoms with Crippen molar-refractivity contribution in [1.82, 2.24) is 10.4 Å². The van der Waals surface area contributed by atoms with Crippen LogP contribution in [0.25, 0.3) is 10.9 Å². The number of methoxy groups -OCH3 is 1. The van der Waals surface area contributed by atoms with Gasteiger partial charge in [-0.1, -0.05) is 0 Å². The number of hydrogen-bond donors (Lipinski definition) is 1. The minimum Gasteiger partial charge on any atom is -0.865 e. The maximum Gasteiger partial charge on any atom is 0.273 e. The standard InChI is InChI=1S/C19H15FN4O5/c1-10-14(8-12-7-13(20)3-4-15(12)22-10)19(26)23-21-9-11-5-16(24(27)28)18(25)17(6-11)29-2/h3-9,25H,1-2H3,(H,23,26)/p-1/b21-9-. The van der Waals surface area contributed by atoms with E-state index in [2.05, 4.69) is 15.5 Å². The summed E-state index contributed by atoms with van der Waals surface area (Å²) in [6, 6.07) is 7.82. The molecule has 0 unspecified atom stereocenters. The van der Waals surface area contributed by atoms with Gasteiger partial charge in [0.15, 0.2) is 0 Å². The number of nitro groups is 1. The number of carbonyl (C=O) groups excluding carboxylic acids is 1. The van der Waals surface area contributed by atoms with Crippen molar-refractivity contribution >= 4 is 28.7 Å². The van der Waals surface area contributed by atoms with Gasteiger partial charge in [0, 0.05) is 22.8 Å². The van der Waals surface area contributed by atoms with Gasteiger partial charge in [-0.3, -0.25) is 19.9 Å². The van der Waals surface area contributed by atoms with E-state index < -0.39 is 28.1 Å². The first-order chi connectivity index (χ1) is 13.8. The number of ether oxygens (including phenoxy) is 1. The third-order valence-corrected chi connectivity index (χ3v) is 4.07. The normalized spacial score (nSPS) is 11.0. The predicted molar refractivity (Wildman–Crippen MR) is 101 cm³/mol. The molecular weight excluding hydrogens is 383 g/mol. The number of pyridine rings is 1. The Morgan fingerprint density at radius 2 is 2.07 bits per heavy atom. The predicted octanol–water partition coefficient (Wildman–Crippen LogP) is 2.44. The third-order valence-electron chi connectivity index (χ3n) is 4.07. The number of hydrazone groups is 1. The Morgan fingerprint density at radius 3 is 2.76 bits per heavy atom. The van der Waals surface area contributed by atoms with Crippen molar-refractivity contribution in [2.75, 3.05) is 7.11 Å². The molecule has 0 atom stereocenters. The second-order valence-electron chi connectivity index (χ2n) is 5.99. The quantitative estimate of drug-likeness (QED) is 0.400. The average molecular weight is 397 g/mol. The zero-order valence-corrected chi connectivity index (χ0v) is 15.3. The highest BCUT2D eigenvalue weighted by atomic mass is 19.1. The Balaban J connectivity index is 1.85. The lowest BCUT2D eigenvalue weighted by Gasteiger charge is -2.13. The molecule has 0 aliphatic carbocycles. The van der Waals surface area contributed by atoms with Crippen LogP contribution in [0.1, 0.15) is 21.6 Å². The van der Waals surface area contributed by atoms with E-state index in [1.807, 2.05) is 0 Å². The van der Waals surface area contributed by atoms with E-state index in [0.717, 1.165) is 12.3 Å². The summed E-state index contributed by atoms with van der Waals surface area (Å²) in [5, 5.41) is 27.0. The van der Waals surface area contributed by atoms with Crippen molar-refractivity contribution < 1.29 is 24.0 Å². The molecule has 3 aromatic rings. The Bertz CT molecular complexity index is 1160. The molecule has 0 aliphatic rings. The Hall–Kier alpha value is -4.08. The highest BCUT2D eigenvalue weighted by molar-refractivity contribution is 5.99. The molecule has 1 aromatic heterocycles. The Labute approximate surface area is 163 Å². The van der Waals surface area contributed by atoms with Crippen LogP contribution in [0.5, 0.6) is 11.5 Å². The van der Waals surface area contributed by atoms with Crippen molar-refractivity contribution in [3.8, 4) is 11.5 Å². The smallest absolute Gasteiger partial charge is 0.273 e. The summed E-state index contributed by atoms with van der Waals surface area (Å²) in [5.41, 5.74) is 2.95. The summed E-state index contributed by atoms with van der Waals surface area (Å²) >= 11 is 0. The molecule has 3 rings (SSSR count). The molecular formula is C19H14FN4O5-. The minimum atomic E-state index is -0.858. The molecule has 148 valence electrons. The lowest BCUT2D eigenvalue weighted by atomic mass is 10.1. The van der Waals surface area contributed by atoms with Gasteiger partial charge >= 0.3 is 0 Å². The van der Waals surface area contributed by atoms with Crippen LogP contribution < -0.4 is 15.3 Å². The van der Waals surface area contributed by atoms with E-state index in [1.165, 1.54) is 37.4 Å². The molecule has 0 spiro atoms. The monoisotopic (exact) mass is 397 g/mol. The number of nitrogens with one attached hydrogen (secondary N) is 1. The maximum atomic E-state index is 13.4. The molecule has 10 heteroatoms. The highest BCUT2D eigenvalue weighted by Gasteiger charge is 2.14. The summed E-state index contributed by atoms with van der Waals surface area (Å²) in [5.74, 6) is -2.13. The Morgan fingerprint density at radius 1 is 1.31 bits per heavy atom. The number of fused-ring (bicyclic) bond motifs is 1. The molecule has 0 saturated heterocycles. The maximum absolute atomic E-state index is 13.4. The molecule has 0 aliphatic heterocycles. The number of carbonyl (C=O) groups is 1. The molecule has 0 radical (unpaired) electrons. The average Bonchev–Trinajstić information content (AvgIpc) is 2.68. The van der Waals surface area contributed by atoms with Gasteiger partial charge in [-0.25, -0.2) is 9.82 Å². The summed E-state index contributed by atoms with van der Waals surface area (Å²) in [7, 11) is 1.21. The second kappa shape index (κ2) is 7.89. The van der Waals surface area contributed by atoms with Crippen molar-refractivity contribution in [2.45, 2.75) is 6.92 Å². The number of nitrogens with zero attached hydrogens (tertiary/aromatic N) is 3. The number of aromatic nitrogens is 1. The molecule has 1 N–H and O–H groups in total. The molecule has 29 heavy (non-hydrogen) atoms. The highest BCUT2D eigenvalue weighted by Crippen LogP contribution is 2.33. The number of aryl methyl sites for hydroxylation is 1. The summed E-state index contributed by atoms with van der Waals surface area (Å²) in [6.45, 7) is 1.63. The number of rotatable bonds is 5. The summed E-state index contributed by atoms with van der Waals surface area (Å²) < 4.78 is 18.2. The van der Waals surface area contributed by atoms with E-state index in [1.54, 1.807) is 6.92 Å². The zero-order valence-electron chi connectivity index (χ0n) is 15.3. The van der Waals surface area contributed by atoms with E-state index in [-0.39, 0.29) is 16.9 Å². The van der Waals surface area contributed by atoms with Crippen LogP contribution in [0.3, 0.4) is 0 Å².